The van der Waals surface area contributed by atoms with E-state index >= 15 is 0 Å². The van der Waals surface area contributed by atoms with Crippen LogP contribution < -0.4 is 4.74 Å². The molecule has 2 bridgehead atoms. The molecule has 26 heavy (non-hydrogen) atoms. The minimum atomic E-state index is -0.506. The van der Waals surface area contributed by atoms with Gasteiger partial charge < -0.3 is 14.2 Å². The zero-order valence-corrected chi connectivity index (χ0v) is 16.3. The average molecular weight is 359 g/mol. The third-order valence-corrected chi connectivity index (χ3v) is 4.40. The molecule has 1 saturated heterocycles. The van der Waals surface area contributed by atoms with Crippen LogP contribution in [0.1, 0.15) is 46.6 Å². The third-order valence-electron chi connectivity index (χ3n) is 4.40. The van der Waals surface area contributed by atoms with Crippen molar-refractivity contribution in [2.75, 3.05) is 13.2 Å². The molecule has 142 valence electrons. The van der Waals surface area contributed by atoms with Crippen LogP contribution in [-0.2, 0) is 9.47 Å². The molecule has 0 saturated carbocycles. The summed E-state index contributed by atoms with van der Waals surface area (Å²) in [6.07, 6.45) is 2.70. The first-order chi connectivity index (χ1) is 12.2. The highest BCUT2D eigenvalue weighted by atomic mass is 16.6. The summed E-state index contributed by atoms with van der Waals surface area (Å²) in [5.41, 5.74) is 1.80. The molecule has 1 amide bonds. The van der Waals surface area contributed by atoms with Gasteiger partial charge in [-0.3, -0.25) is 4.90 Å². The zero-order valence-electron chi connectivity index (χ0n) is 16.3. The van der Waals surface area contributed by atoms with Crippen LogP contribution in [0, 0.1) is 0 Å². The maximum Gasteiger partial charge on any atom is 0.411 e. The van der Waals surface area contributed by atoms with E-state index in [0.29, 0.717) is 13.2 Å². The Morgan fingerprint density at radius 1 is 1.23 bits per heavy atom. The number of benzene rings is 1. The van der Waals surface area contributed by atoms with Crippen LogP contribution in [0.4, 0.5) is 4.79 Å². The van der Waals surface area contributed by atoms with Crippen LogP contribution in [0.2, 0.25) is 0 Å². The van der Waals surface area contributed by atoms with Crippen LogP contribution >= 0.6 is 0 Å². The Balaban J connectivity index is 1.88. The van der Waals surface area contributed by atoms with Gasteiger partial charge in [0.2, 0.25) is 0 Å². The summed E-state index contributed by atoms with van der Waals surface area (Å²) in [7, 11) is 0. The molecule has 0 radical (unpaired) electrons. The largest absolute Gasteiger partial charge is 0.490 e. The number of para-hydroxylation sites is 1. The zero-order chi connectivity index (χ0) is 18.9. The second-order valence-electron chi connectivity index (χ2n) is 8.21. The van der Waals surface area contributed by atoms with Crippen LogP contribution in [0.25, 0.3) is 5.57 Å². The summed E-state index contributed by atoms with van der Waals surface area (Å²) >= 11 is 0. The molecule has 2 aliphatic heterocycles. The quantitative estimate of drug-likeness (QED) is 0.809. The maximum absolute atomic E-state index is 12.7. The Bertz CT molecular complexity index is 689. The van der Waals surface area contributed by atoms with Crippen molar-refractivity contribution in [1.82, 2.24) is 4.90 Å². The van der Waals surface area contributed by atoms with Crippen LogP contribution in [0.5, 0.6) is 5.75 Å². The molecule has 0 spiro atoms. The molecule has 2 unspecified atom stereocenters. The molecule has 1 fully saturated rings. The Hall–Kier alpha value is -2.01. The number of amides is 1. The topological polar surface area (TPSA) is 48.0 Å². The SMILES string of the molecule is CC(C)Oc1ccccc1C1=CC2COCC(C1)N2C(=O)OC(C)(C)C. The highest BCUT2D eigenvalue weighted by molar-refractivity contribution is 5.76. The Morgan fingerprint density at radius 3 is 2.62 bits per heavy atom. The molecule has 5 heteroatoms. The van der Waals surface area contributed by atoms with Gasteiger partial charge in [-0.25, -0.2) is 4.79 Å². The number of carbonyl (C=O) groups is 1. The highest BCUT2D eigenvalue weighted by Crippen LogP contribution is 2.37. The van der Waals surface area contributed by atoms with E-state index in [4.69, 9.17) is 14.2 Å². The average Bonchev–Trinajstić information content (AvgIpc) is 2.52. The fourth-order valence-corrected chi connectivity index (χ4v) is 3.48. The fourth-order valence-electron chi connectivity index (χ4n) is 3.48. The lowest BCUT2D eigenvalue weighted by Crippen LogP contribution is -2.57. The van der Waals surface area contributed by atoms with Gasteiger partial charge in [0, 0.05) is 5.56 Å². The van der Waals surface area contributed by atoms with Crippen molar-refractivity contribution in [2.24, 2.45) is 0 Å². The molecule has 1 aromatic rings. The number of fused-ring (bicyclic) bond motifs is 2. The van der Waals surface area contributed by atoms with Gasteiger partial charge in [0.25, 0.3) is 0 Å². The number of ether oxygens (including phenoxy) is 3. The summed E-state index contributed by atoms with van der Waals surface area (Å²) in [5, 5.41) is 0. The smallest absolute Gasteiger partial charge is 0.411 e. The fraction of sp³-hybridized carbons (Fsp3) is 0.571. The van der Waals surface area contributed by atoms with Gasteiger partial charge in [-0.05, 0) is 52.7 Å². The number of morpholine rings is 1. The van der Waals surface area contributed by atoms with Gasteiger partial charge in [-0.2, -0.15) is 0 Å². The van der Waals surface area contributed by atoms with Gasteiger partial charge in [-0.1, -0.05) is 24.3 Å². The van der Waals surface area contributed by atoms with Gasteiger partial charge in [0.05, 0.1) is 31.4 Å². The monoisotopic (exact) mass is 359 g/mol. The van der Waals surface area contributed by atoms with E-state index in [9.17, 15) is 4.79 Å². The number of rotatable bonds is 3. The van der Waals surface area contributed by atoms with Crippen LogP contribution in [0.3, 0.4) is 0 Å². The first-order valence-electron chi connectivity index (χ1n) is 9.30. The molecule has 3 rings (SSSR count). The van der Waals surface area contributed by atoms with E-state index in [2.05, 4.69) is 12.1 Å². The summed E-state index contributed by atoms with van der Waals surface area (Å²) < 4.78 is 17.3. The first kappa shape index (κ1) is 18.8. The van der Waals surface area contributed by atoms with Crippen LogP contribution in [0.15, 0.2) is 30.3 Å². The van der Waals surface area contributed by atoms with Crippen molar-refractivity contribution in [3.63, 3.8) is 0 Å². The van der Waals surface area contributed by atoms with Crippen molar-refractivity contribution in [2.45, 2.75) is 64.8 Å². The molecule has 2 heterocycles. The van der Waals surface area contributed by atoms with Crippen molar-refractivity contribution in [3.05, 3.63) is 35.9 Å². The third kappa shape index (κ3) is 4.21. The molecule has 0 aliphatic carbocycles. The number of hydrogen-bond acceptors (Lipinski definition) is 4. The normalized spacial score (nSPS) is 22.8. The standard InChI is InChI=1S/C21H29NO4/c1-14(2)25-19-9-7-6-8-18(19)15-10-16-12-24-13-17(11-15)22(16)20(23)26-21(3,4)5/h6-10,14,16-17H,11-13H2,1-5H3. The molecular formula is C21H29NO4. The summed E-state index contributed by atoms with van der Waals surface area (Å²) in [5.74, 6) is 0.887. The van der Waals surface area contributed by atoms with E-state index in [1.54, 1.807) is 0 Å². The van der Waals surface area contributed by atoms with Crippen LogP contribution in [-0.4, -0.2) is 48.0 Å². The summed E-state index contributed by atoms with van der Waals surface area (Å²) in [6.45, 7) is 10.7. The van der Waals surface area contributed by atoms with E-state index in [-0.39, 0.29) is 24.3 Å². The van der Waals surface area contributed by atoms with Gasteiger partial charge in [-0.15, -0.1) is 0 Å². The van der Waals surface area contributed by atoms with E-state index in [1.807, 2.05) is 57.7 Å². The molecule has 0 aromatic heterocycles. The predicted octanol–water partition coefficient (Wildman–Crippen LogP) is 4.27. The lowest BCUT2D eigenvalue weighted by molar-refractivity contribution is -0.0510. The van der Waals surface area contributed by atoms with Gasteiger partial charge in [0.15, 0.2) is 0 Å². The Morgan fingerprint density at radius 2 is 1.96 bits per heavy atom. The summed E-state index contributed by atoms with van der Waals surface area (Å²) in [6, 6.07) is 7.97. The number of carbonyl (C=O) groups excluding carboxylic acids is 1. The van der Waals surface area contributed by atoms with Gasteiger partial charge >= 0.3 is 6.09 Å². The lowest BCUT2D eigenvalue weighted by atomic mass is 9.89. The molecule has 2 aliphatic rings. The second-order valence-corrected chi connectivity index (χ2v) is 8.21. The minimum absolute atomic E-state index is 0.0179. The molecule has 2 atom stereocenters. The minimum Gasteiger partial charge on any atom is -0.490 e. The second kappa shape index (κ2) is 7.31. The van der Waals surface area contributed by atoms with E-state index in [1.165, 1.54) is 5.57 Å². The van der Waals surface area contributed by atoms with Crippen molar-refractivity contribution in [3.8, 4) is 5.75 Å². The van der Waals surface area contributed by atoms with E-state index < -0.39 is 5.60 Å². The Labute approximate surface area is 155 Å². The van der Waals surface area contributed by atoms with Crippen molar-refractivity contribution < 1.29 is 19.0 Å². The highest BCUT2D eigenvalue weighted by Gasteiger charge is 2.40. The van der Waals surface area contributed by atoms with Crippen molar-refractivity contribution >= 4 is 11.7 Å². The van der Waals surface area contributed by atoms with E-state index in [0.717, 1.165) is 17.7 Å². The summed E-state index contributed by atoms with van der Waals surface area (Å²) in [4.78, 5) is 14.5. The maximum atomic E-state index is 12.7. The molecule has 0 N–H and O–H groups in total. The van der Waals surface area contributed by atoms with Gasteiger partial charge in [0.1, 0.15) is 11.4 Å². The lowest BCUT2D eigenvalue weighted by Gasteiger charge is -2.44. The number of hydrogen-bond donors (Lipinski definition) is 0. The first-order valence-corrected chi connectivity index (χ1v) is 9.30. The number of nitrogens with zero attached hydrogens (tertiary/aromatic N) is 1. The molecular weight excluding hydrogens is 330 g/mol. The van der Waals surface area contributed by atoms with Crippen molar-refractivity contribution in [1.29, 1.82) is 0 Å². The predicted molar refractivity (Wildman–Crippen MR) is 101 cm³/mol. The molecule has 5 nitrogen and oxygen atoms in total. The molecule has 1 aromatic carbocycles. The Kier molecular flexibility index (Phi) is 5.28.